The third-order valence-electron chi connectivity index (χ3n) is 5.59. The van der Waals surface area contributed by atoms with Crippen LogP contribution in [0.3, 0.4) is 0 Å². The normalized spacial score (nSPS) is 19.7. The van der Waals surface area contributed by atoms with Crippen LogP contribution < -0.4 is 10.5 Å². The summed E-state index contributed by atoms with van der Waals surface area (Å²) < 4.78 is 3.49. The van der Waals surface area contributed by atoms with E-state index >= 15 is 0 Å². The number of imidazole rings is 1. The van der Waals surface area contributed by atoms with Gasteiger partial charge in [-0.2, -0.15) is 4.98 Å². The van der Waals surface area contributed by atoms with Gasteiger partial charge in [0.1, 0.15) is 5.82 Å². The molecule has 1 fully saturated rings. The van der Waals surface area contributed by atoms with Crippen molar-refractivity contribution >= 4 is 17.1 Å². The Bertz CT molecular complexity index is 1020. The van der Waals surface area contributed by atoms with E-state index in [0.29, 0.717) is 23.7 Å². The standard InChI is InChI=1S/C20H25N5O2/c1-13-21-18-17(25(13)12-14-8-5-4-6-9-14)19(27)24(3)20(22-18)23(2)15-10-7-11-16(15)26/h4-6,8-9,15-16,26H,7,10-12H2,1-3H3/t15-,16-/m1/s1. The molecule has 142 valence electrons. The number of aromatic nitrogens is 4. The minimum absolute atomic E-state index is 0.0203. The van der Waals surface area contributed by atoms with Crippen molar-refractivity contribution in [2.45, 2.75) is 44.9 Å². The number of nitrogens with zero attached hydrogens (tertiary/aromatic N) is 5. The zero-order valence-corrected chi connectivity index (χ0v) is 16.0. The van der Waals surface area contributed by atoms with Crippen LogP contribution in [0.2, 0.25) is 0 Å². The van der Waals surface area contributed by atoms with Crippen LogP contribution in [0, 0.1) is 6.92 Å². The van der Waals surface area contributed by atoms with E-state index in [2.05, 4.69) is 9.97 Å². The van der Waals surface area contributed by atoms with Gasteiger partial charge in [-0.1, -0.05) is 30.3 Å². The van der Waals surface area contributed by atoms with Crippen LogP contribution in [0.25, 0.3) is 11.2 Å². The lowest BCUT2D eigenvalue weighted by Crippen LogP contribution is -2.41. The summed E-state index contributed by atoms with van der Waals surface area (Å²) in [5, 5.41) is 10.2. The Morgan fingerprint density at radius 2 is 1.96 bits per heavy atom. The molecular weight excluding hydrogens is 342 g/mol. The van der Waals surface area contributed by atoms with E-state index in [9.17, 15) is 9.90 Å². The van der Waals surface area contributed by atoms with Gasteiger partial charge in [0.2, 0.25) is 5.95 Å². The molecular formula is C20H25N5O2. The fourth-order valence-electron chi connectivity index (χ4n) is 4.05. The molecule has 4 rings (SSSR count). The number of likely N-dealkylation sites (N-methyl/N-ethyl adjacent to an activating group) is 1. The fourth-order valence-corrected chi connectivity index (χ4v) is 4.05. The molecule has 3 aromatic rings. The Hall–Kier alpha value is -2.67. The van der Waals surface area contributed by atoms with Crippen LogP contribution in [0.5, 0.6) is 0 Å². The van der Waals surface area contributed by atoms with Crippen LogP contribution in [0.15, 0.2) is 35.1 Å². The van der Waals surface area contributed by atoms with Crippen molar-refractivity contribution in [1.29, 1.82) is 0 Å². The second kappa shape index (κ2) is 6.81. The minimum Gasteiger partial charge on any atom is -0.391 e. The Kier molecular flexibility index (Phi) is 4.47. The van der Waals surface area contributed by atoms with E-state index in [1.807, 2.05) is 53.8 Å². The number of aryl methyl sites for hydroxylation is 1. The molecule has 0 spiro atoms. The predicted octanol–water partition coefficient (Wildman–Crippen LogP) is 1.84. The van der Waals surface area contributed by atoms with Gasteiger partial charge in [0.15, 0.2) is 11.2 Å². The molecule has 7 heteroatoms. The summed E-state index contributed by atoms with van der Waals surface area (Å²) in [6.45, 7) is 2.48. The third kappa shape index (κ3) is 3.02. The zero-order valence-electron chi connectivity index (χ0n) is 16.0. The van der Waals surface area contributed by atoms with E-state index in [1.165, 1.54) is 0 Å². The molecule has 0 unspecified atom stereocenters. The summed E-state index contributed by atoms with van der Waals surface area (Å²) in [4.78, 5) is 24.3. The summed E-state index contributed by atoms with van der Waals surface area (Å²) in [6.07, 6.45) is 2.28. The van der Waals surface area contributed by atoms with Gasteiger partial charge >= 0.3 is 0 Å². The van der Waals surface area contributed by atoms with Crippen LogP contribution >= 0.6 is 0 Å². The molecule has 2 atom stereocenters. The molecule has 1 aliphatic carbocycles. The molecule has 0 amide bonds. The molecule has 0 radical (unpaired) electrons. The number of benzene rings is 1. The van der Waals surface area contributed by atoms with Crippen molar-refractivity contribution in [3.05, 3.63) is 52.1 Å². The lowest BCUT2D eigenvalue weighted by atomic mass is 10.2. The van der Waals surface area contributed by atoms with Crippen LogP contribution in [-0.4, -0.2) is 43.4 Å². The molecule has 0 saturated heterocycles. The molecule has 0 bridgehead atoms. The Morgan fingerprint density at radius 1 is 1.22 bits per heavy atom. The summed E-state index contributed by atoms with van der Waals surface area (Å²) in [5.74, 6) is 1.31. The second-order valence-electron chi connectivity index (χ2n) is 7.36. The summed E-state index contributed by atoms with van der Waals surface area (Å²) in [7, 11) is 3.62. The van der Waals surface area contributed by atoms with E-state index in [4.69, 9.17) is 0 Å². The summed E-state index contributed by atoms with van der Waals surface area (Å²) in [6, 6.07) is 10.00. The highest BCUT2D eigenvalue weighted by Crippen LogP contribution is 2.26. The monoisotopic (exact) mass is 367 g/mol. The lowest BCUT2D eigenvalue weighted by molar-refractivity contribution is 0.162. The second-order valence-corrected chi connectivity index (χ2v) is 7.36. The Balaban J connectivity index is 1.80. The number of rotatable bonds is 4. The first-order chi connectivity index (χ1) is 13.0. The van der Waals surface area contributed by atoms with Crippen LogP contribution in [0.4, 0.5) is 5.95 Å². The smallest absolute Gasteiger partial charge is 0.280 e. The average molecular weight is 367 g/mol. The zero-order chi connectivity index (χ0) is 19.1. The first-order valence-corrected chi connectivity index (χ1v) is 9.36. The molecule has 1 aromatic carbocycles. The molecule has 1 saturated carbocycles. The number of hydrogen-bond acceptors (Lipinski definition) is 5. The van der Waals surface area contributed by atoms with Crippen molar-refractivity contribution < 1.29 is 5.11 Å². The van der Waals surface area contributed by atoms with E-state index in [-0.39, 0.29) is 17.7 Å². The van der Waals surface area contributed by atoms with Crippen LogP contribution in [-0.2, 0) is 13.6 Å². The number of hydrogen-bond donors (Lipinski definition) is 1. The Labute approximate surface area is 157 Å². The quantitative estimate of drug-likeness (QED) is 0.761. The van der Waals surface area contributed by atoms with Crippen molar-refractivity contribution in [3.8, 4) is 0 Å². The highest BCUT2D eigenvalue weighted by atomic mass is 16.3. The van der Waals surface area contributed by atoms with Gasteiger partial charge in [-0.3, -0.25) is 9.36 Å². The largest absolute Gasteiger partial charge is 0.391 e. The van der Waals surface area contributed by atoms with E-state index < -0.39 is 0 Å². The first kappa shape index (κ1) is 17.7. The predicted molar refractivity (Wildman–Crippen MR) is 105 cm³/mol. The SMILES string of the molecule is Cc1nc2nc(N(C)[C@@H]3CCC[C@H]3O)n(C)c(=O)c2n1Cc1ccccc1. The van der Waals surface area contributed by atoms with Gasteiger partial charge in [-0.05, 0) is 31.7 Å². The molecule has 27 heavy (non-hydrogen) atoms. The number of aliphatic hydroxyl groups excluding tert-OH is 1. The molecule has 7 nitrogen and oxygen atoms in total. The van der Waals surface area contributed by atoms with Gasteiger partial charge in [0.05, 0.1) is 12.1 Å². The van der Waals surface area contributed by atoms with Gasteiger partial charge < -0.3 is 14.6 Å². The highest BCUT2D eigenvalue weighted by molar-refractivity contribution is 5.72. The maximum atomic E-state index is 13.1. The summed E-state index contributed by atoms with van der Waals surface area (Å²) >= 11 is 0. The van der Waals surface area contributed by atoms with Crippen LogP contribution in [0.1, 0.15) is 30.7 Å². The summed E-state index contributed by atoms with van der Waals surface area (Å²) in [5.41, 5.74) is 1.96. The average Bonchev–Trinajstić information content (AvgIpc) is 3.22. The van der Waals surface area contributed by atoms with Crippen molar-refractivity contribution in [2.24, 2.45) is 7.05 Å². The number of aliphatic hydroxyl groups is 1. The van der Waals surface area contributed by atoms with Gasteiger partial charge in [-0.25, -0.2) is 4.98 Å². The Morgan fingerprint density at radius 3 is 2.63 bits per heavy atom. The third-order valence-corrected chi connectivity index (χ3v) is 5.59. The maximum Gasteiger partial charge on any atom is 0.280 e. The van der Waals surface area contributed by atoms with Gasteiger partial charge in [0.25, 0.3) is 5.56 Å². The highest BCUT2D eigenvalue weighted by Gasteiger charge is 2.31. The van der Waals surface area contributed by atoms with Crippen molar-refractivity contribution in [1.82, 2.24) is 19.1 Å². The van der Waals surface area contributed by atoms with Crippen molar-refractivity contribution in [3.63, 3.8) is 0 Å². The van der Waals surface area contributed by atoms with Crippen molar-refractivity contribution in [2.75, 3.05) is 11.9 Å². The lowest BCUT2D eigenvalue weighted by Gasteiger charge is -2.29. The first-order valence-electron chi connectivity index (χ1n) is 9.36. The number of anilines is 1. The molecule has 0 aliphatic heterocycles. The molecule has 1 aliphatic rings. The molecule has 2 heterocycles. The van der Waals surface area contributed by atoms with E-state index in [1.54, 1.807) is 11.6 Å². The van der Waals surface area contributed by atoms with Gasteiger partial charge in [-0.15, -0.1) is 0 Å². The topological polar surface area (TPSA) is 76.2 Å². The van der Waals surface area contributed by atoms with E-state index in [0.717, 1.165) is 30.7 Å². The number of fused-ring (bicyclic) bond motifs is 1. The minimum atomic E-state index is -0.389. The maximum absolute atomic E-state index is 13.1. The molecule has 1 N–H and O–H groups in total. The fraction of sp³-hybridized carbons (Fsp3) is 0.450. The van der Waals surface area contributed by atoms with Gasteiger partial charge in [0, 0.05) is 20.6 Å². The molecule has 2 aromatic heterocycles.